The number of methoxy groups -OCH3 is 2. The third-order valence-electron chi connectivity index (χ3n) is 3.29. The number of anilines is 1. The summed E-state index contributed by atoms with van der Waals surface area (Å²) in [5, 5.41) is 5.60. The number of aliphatic imine (C=N–C) groups is 1. The van der Waals surface area contributed by atoms with Crippen LogP contribution >= 0.6 is 11.8 Å². The van der Waals surface area contributed by atoms with Gasteiger partial charge in [0.05, 0.1) is 14.2 Å². The van der Waals surface area contributed by atoms with Crippen molar-refractivity contribution in [3.05, 3.63) is 18.2 Å². The third-order valence-corrected chi connectivity index (χ3v) is 4.41. The molecule has 1 aromatic rings. The summed E-state index contributed by atoms with van der Waals surface area (Å²) in [6.07, 6.45) is 0.986. The average molecular weight is 351 g/mol. The number of amidine groups is 1. The van der Waals surface area contributed by atoms with Gasteiger partial charge in [0.1, 0.15) is 5.25 Å². The molecule has 0 radical (unpaired) electrons. The first-order chi connectivity index (χ1) is 11.6. The molecule has 1 fully saturated rings. The summed E-state index contributed by atoms with van der Waals surface area (Å²) < 4.78 is 10.4. The minimum Gasteiger partial charge on any atom is -0.493 e. The number of benzene rings is 1. The number of nitrogens with one attached hydrogen (secondary N) is 2. The van der Waals surface area contributed by atoms with Crippen LogP contribution in [0, 0.1) is 0 Å². The van der Waals surface area contributed by atoms with E-state index in [1.54, 1.807) is 25.3 Å². The van der Waals surface area contributed by atoms with Crippen molar-refractivity contribution in [1.82, 2.24) is 5.32 Å². The monoisotopic (exact) mass is 351 g/mol. The molecule has 130 valence electrons. The summed E-state index contributed by atoms with van der Waals surface area (Å²) >= 11 is 1.30. The lowest BCUT2D eigenvalue weighted by Gasteiger charge is -2.11. The third kappa shape index (κ3) is 4.64. The van der Waals surface area contributed by atoms with Crippen LogP contribution in [-0.2, 0) is 9.59 Å². The molecule has 0 spiro atoms. The van der Waals surface area contributed by atoms with Gasteiger partial charge in [-0.05, 0) is 18.6 Å². The van der Waals surface area contributed by atoms with Gasteiger partial charge in [0.25, 0.3) is 0 Å². The largest absolute Gasteiger partial charge is 0.493 e. The van der Waals surface area contributed by atoms with Crippen LogP contribution in [0.1, 0.15) is 19.8 Å². The number of rotatable bonds is 7. The van der Waals surface area contributed by atoms with E-state index in [1.165, 1.54) is 18.9 Å². The van der Waals surface area contributed by atoms with Crippen LogP contribution in [0.2, 0.25) is 0 Å². The Labute approximate surface area is 145 Å². The zero-order valence-corrected chi connectivity index (χ0v) is 14.7. The number of ether oxygens (including phenoxy) is 2. The molecular formula is C16H21N3O4S. The van der Waals surface area contributed by atoms with Crippen LogP contribution < -0.4 is 20.1 Å². The van der Waals surface area contributed by atoms with Crippen LogP contribution in [0.5, 0.6) is 11.5 Å². The van der Waals surface area contributed by atoms with Crippen molar-refractivity contribution in [3.8, 4) is 11.5 Å². The molecule has 7 nitrogen and oxygen atoms in total. The maximum atomic E-state index is 12.2. The molecule has 1 aliphatic rings. The van der Waals surface area contributed by atoms with Gasteiger partial charge in [-0.1, -0.05) is 18.7 Å². The summed E-state index contributed by atoms with van der Waals surface area (Å²) in [5.74, 6) is 0.680. The minimum atomic E-state index is -0.458. The number of thioether (sulfide) groups is 1. The summed E-state index contributed by atoms with van der Waals surface area (Å²) in [4.78, 5) is 28.3. The smallest absolute Gasteiger partial charge is 0.240 e. The summed E-state index contributed by atoms with van der Waals surface area (Å²) in [5.41, 5.74) is 0.584. The van der Waals surface area contributed by atoms with E-state index in [0.717, 1.165) is 6.42 Å². The van der Waals surface area contributed by atoms with Gasteiger partial charge in [-0.3, -0.25) is 14.6 Å². The molecule has 0 unspecified atom stereocenters. The lowest BCUT2D eigenvalue weighted by Crippen LogP contribution is -2.28. The van der Waals surface area contributed by atoms with Crippen molar-refractivity contribution in [2.45, 2.75) is 25.0 Å². The summed E-state index contributed by atoms with van der Waals surface area (Å²) in [6.45, 7) is 2.67. The topological polar surface area (TPSA) is 89.0 Å². The summed E-state index contributed by atoms with van der Waals surface area (Å²) in [6, 6.07) is 5.10. The first kappa shape index (κ1) is 18.1. The summed E-state index contributed by atoms with van der Waals surface area (Å²) in [7, 11) is 3.07. The van der Waals surface area contributed by atoms with Gasteiger partial charge in [-0.15, -0.1) is 0 Å². The van der Waals surface area contributed by atoms with Gasteiger partial charge < -0.3 is 20.1 Å². The van der Waals surface area contributed by atoms with Crippen molar-refractivity contribution in [3.63, 3.8) is 0 Å². The second-order valence-corrected chi connectivity index (χ2v) is 6.30. The molecule has 2 rings (SSSR count). The van der Waals surface area contributed by atoms with E-state index in [2.05, 4.69) is 15.6 Å². The van der Waals surface area contributed by atoms with Crippen molar-refractivity contribution < 1.29 is 19.1 Å². The number of amides is 2. The molecule has 0 aliphatic carbocycles. The SMILES string of the molecule is CCCN=C1NC(=O)[C@@H](CC(=O)Nc2ccc(OC)c(OC)c2)S1. The van der Waals surface area contributed by atoms with Gasteiger partial charge in [0.15, 0.2) is 16.7 Å². The zero-order valence-electron chi connectivity index (χ0n) is 13.9. The quantitative estimate of drug-likeness (QED) is 0.785. The molecule has 1 heterocycles. The van der Waals surface area contributed by atoms with Crippen LogP contribution in [-0.4, -0.2) is 43.0 Å². The Balaban J connectivity index is 1.95. The fraction of sp³-hybridized carbons (Fsp3) is 0.438. The van der Waals surface area contributed by atoms with E-state index in [1.807, 2.05) is 6.92 Å². The maximum absolute atomic E-state index is 12.2. The van der Waals surface area contributed by atoms with Gasteiger partial charge in [0, 0.05) is 24.7 Å². The predicted octanol–water partition coefficient (Wildman–Crippen LogP) is 2.03. The molecule has 0 saturated carbocycles. The van der Waals surface area contributed by atoms with Crippen molar-refractivity contribution in [1.29, 1.82) is 0 Å². The fourth-order valence-corrected chi connectivity index (χ4v) is 3.12. The number of carbonyl (C=O) groups is 2. The van der Waals surface area contributed by atoms with E-state index in [-0.39, 0.29) is 18.2 Å². The first-order valence-corrected chi connectivity index (χ1v) is 8.49. The Morgan fingerprint density at radius 2 is 2.08 bits per heavy atom. The molecule has 1 aromatic carbocycles. The maximum Gasteiger partial charge on any atom is 0.240 e. The Hall–Kier alpha value is -2.22. The van der Waals surface area contributed by atoms with E-state index in [9.17, 15) is 9.59 Å². The highest BCUT2D eigenvalue weighted by atomic mass is 32.2. The Morgan fingerprint density at radius 3 is 2.75 bits per heavy atom. The second kappa shape index (κ2) is 8.58. The van der Waals surface area contributed by atoms with E-state index >= 15 is 0 Å². The highest BCUT2D eigenvalue weighted by Crippen LogP contribution is 2.30. The number of hydrogen-bond donors (Lipinski definition) is 2. The Bertz CT molecular complexity index is 648. The molecule has 2 N–H and O–H groups in total. The van der Waals surface area contributed by atoms with Crippen LogP contribution in [0.4, 0.5) is 5.69 Å². The van der Waals surface area contributed by atoms with Crippen molar-refractivity contribution in [2.24, 2.45) is 4.99 Å². The Morgan fingerprint density at radius 1 is 1.33 bits per heavy atom. The van der Waals surface area contributed by atoms with Crippen LogP contribution in [0.3, 0.4) is 0 Å². The molecule has 0 aromatic heterocycles. The second-order valence-electron chi connectivity index (χ2n) is 5.10. The molecule has 1 atom stereocenters. The Kier molecular flexibility index (Phi) is 6.48. The molecule has 24 heavy (non-hydrogen) atoms. The van der Waals surface area contributed by atoms with Crippen molar-refractivity contribution in [2.75, 3.05) is 26.1 Å². The van der Waals surface area contributed by atoms with E-state index in [4.69, 9.17) is 9.47 Å². The molecule has 8 heteroatoms. The molecule has 0 bridgehead atoms. The first-order valence-electron chi connectivity index (χ1n) is 7.61. The average Bonchev–Trinajstić information content (AvgIpc) is 2.92. The molecule has 1 aliphatic heterocycles. The van der Waals surface area contributed by atoms with Gasteiger partial charge in [0.2, 0.25) is 11.8 Å². The standard InChI is InChI=1S/C16H21N3O4S/c1-4-7-17-16-19-15(21)13(24-16)9-14(20)18-10-5-6-11(22-2)12(8-10)23-3/h5-6,8,13H,4,7,9H2,1-3H3,(H,18,20)(H,17,19,21)/t13-/m1/s1. The van der Waals surface area contributed by atoms with Gasteiger partial charge in [-0.25, -0.2) is 0 Å². The highest BCUT2D eigenvalue weighted by molar-refractivity contribution is 8.15. The molecular weight excluding hydrogens is 330 g/mol. The normalized spacial score (nSPS) is 18.4. The van der Waals surface area contributed by atoms with E-state index < -0.39 is 5.25 Å². The van der Waals surface area contributed by atoms with Gasteiger partial charge in [-0.2, -0.15) is 0 Å². The number of nitrogens with zero attached hydrogens (tertiary/aromatic N) is 1. The fourth-order valence-electron chi connectivity index (χ4n) is 2.12. The van der Waals surface area contributed by atoms with Crippen LogP contribution in [0.15, 0.2) is 23.2 Å². The van der Waals surface area contributed by atoms with Gasteiger partial charge >= 0.3 is 0 Å². The minimum absolute atomic E-state index is 0.0794. The lowest BCUT2D eigenvalue weighted by atomic mass is 10.2. The van der Waals surface area contributed by atoms with Crippen LogP contribution in [0.25, 0.3) is 0 Å². The zero-order chi connectivity index (χ0) is 17.5. The van der Waals surface area contributed by atoms with E-state index in [0.29, 0.717) is 28.9 Å². The predicted molar refractivity (Wildman–Crippen MR) is 94.9 cm³/mol. The molecule has 1 saturated heterocycles. The molecule has 2 amide bonds. The highest BCUT2D eigenvalue weighted by Gasteiger charge is 2.31. The van der Waals surface area contributed by atoms with Crippen molar-refractivity contribution >= 4 is 34.4 Å². The number of hydrogen-bond acceptors (Lipinski definition) is 6. The lowest BCUT2D eigenvalue weighted by molar-refractivity contribution is -0.122. The number of carbonyl (C=O) groups excluding carboxylic acids is 2.